The van der Waals surface area contributed by atoms with Crippen molar-refractivity contribution in [1.82, 2.24) is 15.1 Å². The fourth-order valence-corrected chi connectivity index (χ4v) is 3.11. The zero-order chi connectivity index (χ0) is 15.4. The van der Waals surface area contributed by atoms with Gasteiger partial charge in [-0.3, -0.25) is 0 Å². The summed E-state index contributed by atoms with van der Waals surface area (Å²) in [6.45, 7) is 3.04. The summed E-state index contributed by atoms with van der Waals surface area (Å²) >= 11 is 0. The van der Waals surface area contributed by atoms with E-state index in [1.54, 1.807) is 7.11 Å². The molecule has 1 N–H and O–H groups in total. The quantitative estimate of drug-likeness (QED) is 0.915. The zero-order valence-corrected chi connectivity index (χ0v) is 13.4. The van der Waals surface area contributed by atoms with E-state index in [1.165, 1.54) is 6.07 Å². The zero-order valence-electron chi connectivity index (χ0n) is 13.4. The number of likely N-dealkylation sites (N-methyl/N-ethyl adjacent to an activating group) is 3. The van der Waals surface area contributed by atoms with Gasteiger partial charge in [-0.1, -0.05) is 6.07 Å². The lowest BCUT2D eigenvalue weighted by Gasteiger charge is -2.34. The normalized spacial score (nSPS) is 22.8. The van der Waals surface area contributed by atoms with Crippen LogP contribution >= 0.6 is 0 Å². The van der Waals surface area contributed by atoms with Crippen molar-refractivity contribution in [2.75, 3.05) is 47.9 Å². The molecule has 1 aliphatic heterocycles. The van der Waals surface area contributed by atoms with E-state index in [2.05, 4.69) is 29.2 Å². The molecule has 0 amide bonds. The maximum Gasteiger partial charge on any atom is 0.131 e. The predicted molar refractivity (Wildman–Crippen MR) is 83.3 cm³/mol. The number of halogens is 1. The van der Waals surface area contributed by atoms with Crippen molar-refractivity contribution < 1.29 is 9.13 Å². The standard InChI is InChI=1S/C16H26FN3O/c1-18-16(13-7-6-12(21-4)10-14(13)17)15-11-19(2)8-5-9-20(15)3/h6-7,10,15-16,18H,5,8-9,11H2,1-4H3. The summed E-state index contributed by atoms with van der Waals surface area (Å²) in [6.07, 6.45) is 1.14. The summed E-state index contributed by atoms with van der Waals surface area (Å²) in [6, 6.07) is 5.31. The summed E-state index contributed by atoms with van der Waals surface area (Å²) in [5.41, 5.74) is 0.699. The van der Waals surface area contributed by atoms with Crippen LogP contribution in [-0.4, -0.2) is 63.7 Å². The third-order valence-electron chi connectivity index (χ3n) is 4.35. The number of hydrogen-bond donors (Lipinski definition) is 1. The van der Waals surface area contributed by atoms with Gasteiger partial charge in [-0.25, -0.2) is 4.39 Å². The van der Waals surface area contributed by atoms with Crippen LogP contribution in [0.25, 0.3) is 0 Å². The van der Waals surface area contributed by atoms with E-state index < -0.39 is 0 Å². The molecule has 118 valence electrons. The van der Waals surface area contributed by atoms with Crippen LogP contribution in [0.2, 0.25) is 0 Å². The van der Waals surface area contributed by atoms with Gasteiger partial charge in [0.05, 0.1) is 13.2 Å². The Morgan fingerprint density at radius 2 is 2.10 bits per heavy atom. The molecule has 21 heavy (non-hydrogen) atoms. The van der Waals surface area contributed by atoms with Crippen LogP contribution < -0.4 is 10.1 Å². The molecular formula is C16H26FN3O. The summed E-state index contributed by atoms with van der Waals surface area (Å²) < 4.78 is 19.5. The summed E-state index contributed by atoms with van der Waals surface area (Å²) in [4.78, 5) is 4.65. The van der Waals surface area contributed by atoms with Crippen LogP contribution in [0.3, 0.4) is 0 Å². The van der Waals surface area contributed by atoms with Gasteiger partial charge >= 0.3 is 0 Å². The first-order valence-electron chi connectivity index (χ1n) is 7.46. The average Bonchev–Trinajstić information content (AvgIpc) is 2.63. The van der Waals surface area contributed by atoms with Gasteiger partial charge in [-0.05, 0) is 46.7 Å². The van der Waals surface area contributed by atoms with E-state index >= 15 is 0 Å². The Kier molecular flexibility index (Phi) is 5.56. The number of benzene rings is 1. The second-order valence-corrected chi connectivity index (χ2v) is 5.82. The number of hydrogen-bond acceptors (Lipinski definition) is 4. The first-order chi connectivity index (χ1) is 10.1. The maximum atomic E-state index is 14.4. The van der Waals surface area contributed by atoms with Crippen LogP contribution in [0.4, 0.5) is 4.39 Å². The lowest BCUT2D eigenvalue weighted by molar-refractivity contribution is 0.180. The number of ether oxygens (including phenoxy) is 1. The molecule has 1 aliphatic rings. The monoisotopic (exact) mass is 295 g/mol. The molecular weight excluding hydrogens is 269 g/mol. The molecule has 0 aromatic heterocycles. The van der Waals surface area contributed by atoms with Crippen molar-refractivity contribution in [1.29, 1.82) is 0 Å². The molecule has 2 unspecified atom stereocenters. The number of nitrogens with zero attached hydrogens (tertiary/aromatic N) is 2. The van der Waals surface area contributed by atoms with Gasteiger partial charge in [0.15, 0.2) is 0 Å². The number of nitrogens with one attached hydrogen (secondary N) is 1. The molecule has 1 heterocycles. The Balaban J connectivity index is 2.29. The second-order valence-electron chi connectivity index (χ2n) is 5.82. The molecule has 1 saturated heterocycles. The highest BCUT2D eigenvalue weighted by Gasteiger charge is 2.30. The second kappa shape index (κ2) is 7.20. The highest BCUT2D eigenvalue weighted by atomic mass is 19.1. The van der Waals surface area contributed by atoms with E-state index in [4.69, 9.17) is 4.74 Å². The smallest absolute Gasteiger partial charge is 0.131 e. The van der Waals surface area contributed by atoms with E-state index in [0.29, 0.717) is 11.3 Å². The average molecular weight is 295 g/mol. The van der Waals surface area contributed by atoms with E-state index in [9.17, 15) is 4.39 Å². The van der Waals surface area contributed by atoms with Crippen molar-refractivity contribution in [3.05, 3.63) is 29.6 Å². The molecule has 0 spiro atoms. The van der Waals surface area contributed by atoms with Crippen LogP contribution in [0.5, 0.6) is 5.75 Å². The molecule has 1 aromatic rings. The van der Waals surface area contributed by atoms with Gasteiger partial charge in [0, 0.05) is 24.2 Å². The van der Waals surface area contributed by atoms with E-state index in [1.807, 2.05) is 19.2 Å². The summed E-state index contributed by atoms with van der Waals surface area (Å²) in [5, 5.41) is 3.30. The Morgan fingerprint density at radius 1 is 1.33 bits per heavy atom. The lowest BCUT2D eigenvalue weighted by Crippen LogP contribution is -2.46. The predicted octanol–water partition coefficient (Wildman–Crippen LogP) is 1.73. The molecule has 0 aliphatic carbocycles. The fourth-order valence-electron chi connectivity index (χ4n) is 3.11. The molecule has 1 fully saturated rings. The lowest BCUT2D eigenvalue weighted by atomic mass is 9.97. The SMILES string of the molecule is CNC(c1ccc(OC)cc1F)C1CN(C)CCCN1C. The molecule has 0 saturated carbocycles. The van der Waals surface area contributed by atoms with Gasteiger partial charge in [0.25, 0.3) is 0 Å². The molecule has 0 bridgehead atoms. The Hall–Kier alpha value is -1.17. The van der Waals surface area contributed by atoms with Gasteiger partial charge in [0.2, 0.25) is 0 Å². The third-order valence-corrected chi connectivity index (χ3v) is 4.35. The Labute approximate surface area is 126 Å². The van der Waals surface area contributed by atoms with Crippen molar-refractivity contribution >= 4 is 0 Å². The van der Waals surface area contributed by atoms with Gasteiger partial charge in [0.1, 0.15) is 11.6 Å². The van der Waals surface area contributed by atoms with Crippen molar-refractivity contribution in [2.45, 2.75) is 18.5 Å². The van der Waals surface area contributed by atoms with Crippen molar-refractivity contribution in [2.24, 2.45) is 0 Å². The number of methoxy groups -OCH3 is 1. The van der Waals surface area contributed by atoms with Crippen molar-refractivity contribution in [3.8, 4) is 5.75 Å². The molecule has 0 radical (unpaired) electrons. The Morgan fingerprint density at radius 3 is 2.71 bits per heavy atom. The van der Waals surface area contributed by atoms with Crippen LogP contribution in [0, 0.1) is 5.82 Å². The number of rotatable bonds is 4. The maximum absolute atomic E-state index is 14.4. The topological polar surface area (TPSA) is 27.7 Å². The highest BCUT2D eigenvalue weighted by molar-refractivity contribution is 5.31. The van der Waals surface area contributed by atoms with Gasteiger partial charge in [-0.2, -0.15) is 0 Å². The van der Waals surface area contributed by atoms with Crippen LogP contribution in [-0.2, 0) is 0 Å². The first-order valence-corrected chi connectivity index (χ1v) is 7.46. The minimum Gasteiger partial charge on any atom is -0.497 e. The molecule has 2 rings (SSSR count). The minimum atomic E-state index is -0.214. The highest BCUT2D eigenvalue weighted by Crippen LogP contribution is 2.27. The van der Waals surface area contributed by atoms with Gasteiger partial charge < -0.3 is 19.9 Å². The fraction of sp³-hybridized carbons (Fsp3) is 0.625. The summed E-state index contributed by atoms with van der Waals surface area (Å²) in [5.74, 6) is 0.339. The molecule has 1 aromatic carbocycles. The third kappa shape index (κ3) is 3.73. The molecule has 5 heteroatoms. The van der Waals surface area contributed by atoms with E-state index in [-0.39, 0.29) is 17.9 Å². The van der Waals surface area contributed by atoms with Crippen LogP contribution in [0.15, 0.2) is 18.2 Å². The van der Waals surface area contributed by atoms with Crippen molar-refractivity contribution in [3.63, 3.8) is 0 Å². The summed E-state index contributed by atoms with van der Waals surface area (Å²) in [7, 11) is 7.70. The van der Waals surface area contributed by atoms with Crippen LogP contribution in [0.1, 0.15) is 18.0 Å². The largest absolute Gasteiger partial charge is 0.497 e. The molecule has 2 atom stereocenters. The minimum absolute atomic E-state index is 0.0403. The Bertz CT molecular complexity index is 469. The van der Waals surface area contributed by atoms with Gasteiger partial charge in [-0.15, -0.1) is 0 Å². The first kappa shape index (κ1) is 16.2. The van der Waals surface area contributed by atoms with E-state index in [0.717, 1.165) is 26.1 Å². The molecule has 4 nitrogen and oxygen atoms in total.